The second-order valence-corrected chi connectivity index (χ2v) is 8.71. The van der Waals surface area contributed by atoms with E-state index in [-0.39, 0.29) is 47.9 Å². The zero-order valence-electron chi connectivity index (χ0n) is 19.4. The van der Waals surface area contributed by atoms with Gasteiger partial charge < -0.3 is 10.4 Å². The Kier molecular flexibility index (Phi) is 8.45. The number of ketones is 1. The van der Waals surface area contributed by atoms with E-state index in [1.165, 1.54) is 12.1 Å². The third-order valence-electron chi connectivity index (χ3n) is 5.83. The van der Waals surface area contributed by atoms with Gasteiger partial charge in [0.1, 0.15) is 0 Å². The molecule has 2 aromatic carbocycles. The summed E-state index contributed by atoms with van der Waals surface area (Å²) in [6.07, 6.45) is -6.72. The number of hydrogen-bond acceptors (Lipinski definition) is 3. The van der Waals surface area contributed by atoms with Crippen LogP contribution in [0.4, 0.5) is 32.0 Å². The molecule has 5 nitrogen and oxygen atoms in total. The highest BCUT2D eigenvalue weighted by Gasteiger charge is 2.37. The van der Waals surface area contributed by atoms with Gasteiger partial charge in [-0.25, -0.2) is 0 Å². The number of halogens is 6. The van der Waals surface area contributed by atoms with E-state index in [2.05, 4.69) is 5.32 Å². The smallest absolute Gasteiger partial charge is 0.416 e. The molecular formula is C26H23F6NO4. The van der Waals surface area contributed by atoms with E-state index >= 15 is 0 Å². The molecule has 0 heterocycles. The van der Waals surface area contributed by atoms with Crippen molar-refractivity contribution < 1.29 is 45.8 Å². The molecule has 37 heavy (non-hydrogen) atoms. The first kappa shape index (κ1) is 27.9. The maximum atomic E-state index is 13.1. The van der Waals surface area contributed by atoms with Crippen LogP contribution in [0.2, 0.25) is 0 Å². The van der Waals surface area contributed by atoms with Crippen LogP contribution in [0.15, 0.2) is 42.0 Å². The van der Waals surface area contributed by atoms with E-state index in [1.54, 1.807) is 6.07 Å². The molecule has 0 aromatic heterocycles. The number of carbonyl (C=O) groups is 3. The van der Waals surface area contributed by atoms with Crippen LogP contribution in [0, 0.1) is 0 Å². The maximum absolute atomic E-state index is 13.1. The highest BCUT2D eigenvalue weighted by atomic mass is 19.4. The molecule has 198 valence electrons. The number of hydrogen-bond donors (Lipinski definition) is 2. The van der Waals surface area contributed by atoms with E-state index in [1.807, 2.05) is 0 Å². The second kappa shape index (κ2) is 11.2. The lowest BCUT2D eigenvalue weighted by Crippen LogP contribution is -2.16. The fourth-order valence-electron chi connectivity index (χ4n) is 4.02. The summed E-state index contributed by atoms with van der Waals surface area (Å²) in [6.45, 7) is 0. The lowest BCUT2D eigenvalue weighted by molar-refractivity contribution is -0.143. The SMILES string of the molecule is O=C(O)CCCCCC(=O)Nc1ccc2c(c1)CC/C(=C\c1cc(C(F)(F)F)cc(C(F)(F)F)c1)C2=O. The Morgan fingerprint density at radius 1 is 0.865 bits per heavy atom. The molecule has 1 aliphatic carbocycles. The number of aryl methyl sites for hydroxylation is 1. The minimum Gasteiger partial charge on any atom is -0.481 e. The number of carbonyl (C=O) groups excluding carboxylic acids is 2. The number of Topliss-reactive ketones (excluding diaryl/α,β-unsaturated/α-hetero) is 1. The van der Waals surface area contributed by atoms with Gasteiger partial charge in [-0.2, -0.15) is 26.3 Å². The van der Waals surface area contributed by atoms with E-state index < -0.39 is 35.2 Å². The molecule has 0 bridgehead atoms. The highest BCUT2D eigenvalue weighted by molar-refractivity contribution is 6.13. The monoisotopic (exact) mass is 527 g/mol. The number of carboxylic acid groups (broad SMARTS) is 1. The Morgan fingerprint density at radius 2 is 1.49 bits per heavy atom. The van der Waals surface area contributed by atoms with Crippen molar-refractivity contribution in [3.8, 4) is 0 Å². The van der Waals surface area contributed by atoms with E-state index in [9.17, 15) is 40.7 Å². The van der Waals surface area contributed by atoms with Crippen molar-refractivity contribution in [1.82, 2.24) is 0 Å². The summed E-state index contributed by atoms with van der Waals surface area (Å²) in [7, 11) is 0. The van der Waals surface area contributed by atoms with Crippen LogP contribution in [0.25, 0.3) is 6.08 Å². The van der Waals surface area contributed by atoms with E-state index in [4.69, 9.17) is 5.11 Å². The fourth-order valence-corrected chi connectivity index (χ4v) is 4.02. The molecule has 0 saturated heterocycles. The first-order valence-corrected chi connectivity index (χ1v) is 11.4. The van der Waals surface area contributed by atoms with Crippen LogP contribution in [-0.2, 0) is 28.4 Å². The van der Waals surface area contributed by atoms with Crippen molar-refractivity contribution in [3.63, 3.8) is 0 Å². The number of fused-ring (bicyclic) bond motifs is 1. The van der Waals surface area contributed by atoms with Crippen molar-refractivity contribution >= 4 is 29.4 Å². The predicted octanol–water partition coefficient (Wildman–Crippen LogP) is 6.91. The number of anilines is 1. The van der Waals surface area contributed by atoms with Crippen LogP contribution < -0.4 is 5.32 Å². The fraction of sp³-hybridized carbons (Fsp3) is 0.346. The lowest BCUT2D eigenvalue weighted by Gasteiger charge is -2.19. The van der Waals surface area contributed by atoms with Gasteiger partial charge in [0.2, 0.25) is 5.91 Å². The Labute approximate surface area is 208 Å². The van der Waals surface area contributed by atoms with Crippen LogP contribution in [0.3, 0.4) is 0 Å². The lowest BCUT2D eigenvalue weighted by atomic mass is 9.85. The molecule has 11 heteroatoms. The topological polar surface area (TPSA) is 83.5 Å². The summed E-state index contributed by atoms with van der Waals surface area (Å²) in [5.41, 5.74) is -1.91. The Morgan fingerprint density at radius 3 is 2.08 bits per heavy atom. The van der Waals surface area contributed by atoms with Crippen LogP contribution in [0.1, 0.15) is 71.1 Å². The molecule has 1 aliphatic rings. The van der Waals surface area contributed by atoms with Crippen molar-refractivity contribution in [2.75, 3.05) is 5.32 Å². The van der Waals surface area contributed by atoms with Gasteiger partial charge in [-0.1, -0.05) is 6.42 Å². The third kappa shape index (κ3) is 7.68. The highest BCUT2D eigenvalue weighted by Crippen LogP contribution is 2.37. The first-order valence-electron chi connectivity index (χ1n) is 11.4. The van der Waals surface area contributed by atoms with Crippen molar-refractivity contribution in [2.45, 2.75) is 57.3 Å². The Bertz CT molecular complexity index is 1200. The van der Waals surface area contributed by atoms with Crippen LogP contribution >= 0.6 is 0 Å². The van der Waals surface area contributed by atoms with Gasteiger partial charge in [-0.3, -0.25) is 14.4 Å². The normalized spacial score (nSPS) is 15.0. The van der Waals surface area contributed by atoms with Crippen molar-refractivity contribution in [3.05, 3.63) is 69.8 Å². The van der Waals surface area contributed by atoms with Crippen LogP contribution in [-0.4, -0.2) is 22.8 Å². The van der Waals surface area contributed by atoms with Gasteiger partial charge in [0, 0.05) is 29.7 Å². The van der Waals surface area contributed by atoms with E-state index in [0.29, 0.717) is 49.1 Å². The molecule has 2 N–H and O–H groups in total. The number of aliphatic carboxylic acids is 1. The summed E-state index contributed by atoms with van der Waals surface area (Å²) in [4.78, 5) is 35.6. The van der Waals surface area contributed by atoms with Gasteiger partial charge in [-0.15, -0.1) is 0 Å². The molecule has 0 atom stereocenters. The van der Waals surface area contributed by atoms with Crippen LogP contribution in [0.5, 0.6) is 0 Å². The molecule has 0 saturated carbocycles. The van der Waals surface area contributed by atoms with Crippen molar-refractivity contribution in [1.29, 1.82) is 0 Å². The minimum absolute atomic E-state index is 0.0336. The molecular weight excluding hydrogens is 504 g/mol. The van der Waals surface area contributed by atoms with Gasteiger partial charge in [0.05, 0.1) is 11.1 Å². The Hall–Kier alpha value is -3.63. The van der Waals surface area contributed by atoms with Crippen molar-refractivity contribution in [2.24, 2.45) is 0 Å². The molecule has 2 aromatic rings. The molecule has 0 unspecified atom stereocenters. The van der Waals surface area contributed by atoms with Gasteiger partial charge in [0.25, 0.3) is 0 Å². The number of carboxylic acids is 1. The maximum Gasteiger partial charge on any atom is 0.416 e. The first-order chi connectivity index (χ1) is 17.2. The number of rotatable bonds is 8. The number of alkyl halides is 6. The largest absolute Gasteiger partial charge is 0.481 e. The predicted molar refractivity (Wildman–Crippen MR) is 123 cm³/mol. The summed E-state index contributed by atoms with van der Waals surface area (Å²) >= 11 is 0. The summed E-state index contributed by atoms with van der Waals surface area (Å²) in [5, 5.41) is 11.3. The Balaban J connectivity index is 1.74. The number of benzene rings is 2. The second-order valence-electron chi connectivity index (χ2n) is 8.71. The van der Waals surface area contributed by atoms with Gasteiger partial charge in [-0.05, 0) is 79.3 Å². The molecule has 0 spiro atoms. The van der Waals surface area contributed by atoms with Gasteiger partial charge in [0.15, 0.2) is 5.78 Å². The minimum atomic E-state index is -4.99. The molecule has 0 radical (unpaired) electrons. The standard InChI is InChI=1S/C26H23F6NO4/c27-25(28,29)18-11-15(12-19(14-18)26(30,31)32)10-17-7-6-16-13-20(8-9-21(16)24(17)37)33-22(34)4-2-1-3-5-23(35)36/h8-14H,1-7H2,(H,33,34)(H,35,36)/b17-10+. The van der Waals surface area contributed by atoms with E-state index in [0.717, 1.165) is 6.08 Å². The summed E-state index contributed by atoms with van der Waals surface area (Å²) in [6, 6.07) is 5.75. The molecule has 0 fully saturated rings. The zero-order valence-corrected chi connectivity index (χ0v) is 19.4. The molecule has 1 amide bonds. The third-order valence-corrected chi connectivity index (χ3v) is 5.83. The molecule has 0 aliphatic heterocycles. The number of nitrogens with one attached hydrogen (secondary N) is 1. The van der Waals surface area contributed by atoms with Gasteiger partial charge >= 0.3 is 18.3 Å². The quantitative estimate of drug-likeness (QED) is 0.222. The average Bonchev–Trinajstić information content (AvgIpc) is 2.79. The summed E-state index contributed by atoms with van der Waals surface area (Å²) in [5.74, 6) is -1.68. The number of amides is 1. The zero-order chi connectivity index (χ0) is 27.4. The number of unbranched alkanes of at least 4 members (excludes halogenated alkanes) is 2. The summed E-state index contributed by atoms with van der Waals surface area (Å²) < 4.78 is 78.9. The number of allylic oxidation sites excluding steroid dienone is 1. The molecule has 3 rings (SSSR count). The average molecular weight is 527 g/mol.